The molecule has 2 aromatic carbocycles. The highest BCUT2D eigenvalue weighted by molar-refractivity contribution is 14.0. The largest absolute Gasteiger partial charge is 0.411 e. The topological polar surface area (TPSA) is 71.7 Å². The highest BCUT2D eigenvalue weighted by Gasteiger charge is 2.27. The molecule has 1 aromatic heterocycles. The Morgan fingerprint density at radius 2 is 1.73 bits per heavy atom. The van der Waals surface area contributed by atoms with E-state index in [4.69, 9.17) is 4.52 Å². The van der Waals surface area contributed by atoms with Crippen LogP contribution >= 0.6 is 24.0 Å². The molecular weight excluding hydrogens is 548 g/mol. The van der Waals surface area contributed by atoms with Crippen molar-refractivity contribution in [3.63, 3.8) is 0 Å². The second kappa shape index (κ2) is 13.2. The molecule has 178 valence electrons. The number of benzene rings is 2. The number of nitrogens with zero attached hydrogens (tertiary/aromatic N) is 2. The van der Waals surface area contributed by atoms with Crippen LogP contribution in [-0.4, -0.2) is 30.4 Å². The maximum atomic E-state index is 12.2. The fourth-order valence-corrected chi connectivity index (χ4v) is 2.85. The third-order valence-electron chi connectivity index (χ3n) is 4.38. The Kier molecular flexibility index (Phi) is 10.7. The first-order valence-electron chi connectivity index (χ1n) is 10.2. The molecule has 0 fully saturated rings. The number of aliphatic imine (C=N–C) groups is 1. The van der Waals surface area contributed by atoms with Gasteiger partial charge in [-0.15, -0.1) is 24.0 Å². The fourth-order valence-electron chi connectivity index (χ4n) is 2.85. The summed E-state index contributed by atoms with van der Waals surface area (Å²) >= 11 is 0. The van der Waals surface area contributed by atoms with Crippen LogP contribution < -0.4 is 10.6 Å². The van der Waals surface area contributed by atoms with Crippen LogP contribution in [-0.2, 0) is 24.4 Å². The number of alkyl halides is 3. The third kappa shape index (κ3) is 9.42. The lowest BCUT2D eigenvalue weighted by atomic mass is 10.1. The normalized spacial score (nSPS) is 11.7. The SMILES string of the molecule is CCNC(=NCc1ccc(COCC(F)(F)F)cc1)NCc1cc(-c2ccccc2)on1.I. The zero-order valence-corrected chi connectivity index (χ0v) is 20.4. The van der Waals surface area contributed by atoms with E-state index in [-0.39, 0.29) is 30.6 Å². The van der Waals surface area contributed by atoms with Gasteiger partial charge in [0.25, 0.3) is 0 Å². The molecule has 0 aliphatic carbocycles. The number of rotatable bonds is 9. The van der Waals surface area contributed by atoms with Crippen molar-refractivity contribution in [3.8, 4) is 11.3 Å². The molecule has 0 aliphatic heterocycles. The van der Waals surface area contributed by atoms with Gasteiger partial charge in [-0.3, -0.25) is 0 Å². The number of hydrogen-bond donors (Lipinski definition) is 2. The van der Waals surface area contributed by atoms with Crippen molar-refractivity contribution in [2.24, 2.45) is 4.99 Å². The smallest absolute Gasteiger partial charge is 0.367 e. The molecule has 0 spiro atoms. The van der Waals surface area contributed by atoms with Gasteiger partial charge in [0.05, 0.1) is 19.7 Å². The second-order valence-corrected chi connectivity index (χ2v) is 7.02. The van der Waals surface area contributed by atoms with E-state index in [9.17, 15) is 13.2 Å². The van der Waals surface area contributed by atoms with Gasteiger partial charge in [-0.2, -0.15) is 13.2 Å². The van der Waals surface area contributed by atoms with Gasteiger partial charge in [-0.1, -0.05) is 59.8 Å². The molecule has 0 saturated heterocycles. The molecule has 0 radical (unpaired) electrons. The Bertz CT molecular complexity index is 993. The van der Waals surface area contributed by atoms with Crippen molar-refractivity contribution in [1.29, 1.82) is 0 Å². The monoisotopic (exact) mass is 574 g/mol. The van der Waals surface area contributed by atoms with E-state index in [1.54, 1.807) is 12.1 Å². The molecule has 0 amide bonds. The lowest BCUT2D eigenvalue weighted by molar-refractivity contribution is -0.176. The van der Waals surface area contributed by atoms with Crippen LogP contribution in [0.5, 0.6) is 0 Å². The number of ether oxygens (including phenoxy) is 1. The molecule has 2 N–H and O–H groups in total. The van der Waals surface area contributed by atoms with Crippen LogP contribution in [0.4, 0.5) is 13.2 Å². The molecule has 6 nitrogen and oxygen atoms in total. The van der Waals surface area contributed by atoms with Crippen LogP contribution in [0, 0.1) is 0 Å². The van der Waals surface area contributed by atoms with Gasteiger partial charge in [0.15, 0.2) is 11.7 Å². The molecule has 10 heteroatoms. The summed E-state index contributed by atoms with van der Waals surface area (Å²) in [5.41, 5.74) is 3.30. The zero-order chi connectivity index (χ0) is 22.8. The van der Waals surface area contributed by atoms with E-state index in [0.717, 1.165) is 16.8 Å². The summed E-state index contributed by atoms with van der Waals surface area (Å²) in [5, 5.41) is 10.5. The highest BCUT2D eigenvalue weighted by atomic mass is 127. The molecule has 33 heavy (non-hydrogen) atoms. The first-order chi connectivity index (χ1) is 15.4. The maximum absolute atomic E-state index is 12.2. The second-order valence-electron chi connectivity index (χ2n) is 7.02. The van der Waals surface area contributed by atoms with Crippen LogP contribution in [0.25, 0.3) is 11.3 Å². The first kappa shape index (κ1) is 26.7. The Morgan fingerprint density at radius 3 is 2.39 bits per heavy atom. The summed E-state index contributed by atoms with van der Waals surface area (Å²) in [6.07, 6.45) is -4.32. The van der Waals surface area contributed by atoms with E-state index in [1.807, 2.05) is 55.5 Å². The predicted molar refractivity (Wildman–Crippen MR) is 131 cm³/mol. The predicted octanol–water partition coefficient (Wildman–Crippen LogP) is 5.29. The fraction of sp³-hybridized carbons (Fsp3) is 0.304. The molecule has 0 unspecified atom stereocenters. The average molecular weight is 574 g/mol. The Labute approximate surface area is 207 Å². The van der Waals surface area contributed by atoms with Crippen molar-refractivity contribution >= 4 is 29.9 Å². The summed E-state index contributed by atoms with van der Waals surface area (Å²) in [5.74, 6) is 1.32. The number of hydrogen-bond acceptors (Lipinski definition) is 4. The van der Waals surface area contributed by atoms with Crippen molar-refractivity contribution < 1.29 is 22.4 Å². The van der Waals surface area contributed by atoms with Gasteiger partial charge in [0.2, 0.25) is 0 Å². The molecule has 0 aliphatic rings. The molecule has 3 aromatic rings. The van der Waals surface area contributed by atoms with E-state index < -0.39 is 12.8 Å². The Balaban J connectivity index is 0.00000385. The summed E-state index contributed by atoms with van der Waals surface area (Å²) in [7, 11) is 0. The number of nitrogens with one attached hydrogen (secondary N) is 2. The van der Waals surface area contributed by atoms with Crippen LogP contribution in [0.1, 0.15) is 23.7 Å². The van der Waals surface area contributed by atoms with Crippen LogP contribution in [0.3, 0.4) is 0 Å². The molecule has 0 atom stereocenters. The van der Waals surface area contributed by atoms with Crippen molar-refractivity contribution in [2.45, 2.75) is 32.8 Å². The van der Waals surface area contributed by atoms with Crippen molar-refractivity contribution in [1.82, 2.24) is 15.8 Å². The first-order valence-corrected chi connectivity index (χ1v) is 10.2. The minimum Gasteiger partial charge on any atom is -0.367 e. The standard InChI is InChI=1S/C23H25F3N4O2.HI/c1-2-27-22(29-14-20-12-21(32-30-20)19-6-4-3-5-7-19)28-13-17-8-10-18(11-9-17)15-31-16-23(24,25)26;/h3-12H,2,13-16H2,1H3,(H2,27,28,29);1H. The van der Waals surface area contributed by atoms with Crippen molar-refractivity contribution in [3.05, 3.63) is 77.5 Å². The summed E-state index contributed by atoms with van der Waals surface area (Å²) in [6, 6.07) is 18.7. The molecular formula is C23H26F3IN4O2. The Hall–Kier alpha value is -2.60. The van der Waals surface area contributed by atoms with E-state index in [2.05, 4.69) is 25.5 Å². The molecule has 0 saturated carbocycles. The van der Waals surface area contributed by atoms with Crippen LogP contribution in [0.15, 0.2) is 70.2 Å². The lowest BCUT2D eigenvalue weighted by Gasteiger charge is -2.10. The quantitative estimate of drug-likeness (QED) is 0.207. The minimum absolute atomic E-state index is 0. The molecule has 1 heterocycles. The van der Waals surface area contributed by atoms with Gasteiger partial charge >= 0.3 is 6.18 Å². The summed E-state index contributed by atoms with van der Waals surface area (Å²) in [4.78, 5) is 4.54. The molecule has 3 rings (SSSR count). The third-order valence-corrected chi connectivity index (χ3v) is 4.38. The van der Waals surface area contributed by atoms with Crippen LogP contribution in [0.2, 0.25) is 0 Å². The number of guanidine groups is 1. The Morgan fingerprint density at radius 1 is 1.03 bits per heavy atom. The minimum atomic E-state index is -4.32. The number of halogens is 4. The van der Waals surface area contributed by atoms with E-state index in [0.29, 0.717) is 36.9 Å². The van der Waals surface area contributed by atoms with Gasteiger partial charge in [0, 0.05) is 18.2 Å². The van der Waals surface area contributed by atoms with E-state index in [1.165, 1.54) is 0 Å². The maximum Gasteiger partial charge on any atom is 0.411 e. The zero-order valence-electron chi connectivity index (χ0n) is 18.1. The summed E-state index contributed by atoms with van der Waals surface area (Å²) < 4.78 is 46.5. The van der Waals surface area contributed by atoms with Gasteiger partial charge in [0.1, 0.15) is 12.3 Å². The van der Waals surface area contributed by atoms with Gasteiger partial charge in [-0.25, -0.2) is 4.99 Å². The molecule has 0 bridgehead atoms. The van der Waals surface area contributed by atoms with Gasteiger partial charge in [-0.05, 0) is 18.1 Å². The van der Waals surface area contributed by atoms with E-state index >= 15 is 0 Å². The van der Waals surface area contributed by atoms with Crippen molar-refractivity contribution in [2.75, 3.05) is 13.2 Å². The average Bonchev–Trinajstić information content (AvgIpc) is 3.25. The lowest BCUT2D eigenvalue weighted by Crippen LogP contribution is -2.36. The number of aromatic nitrogens is 1. The highest BCUT2D eigenvalue weighted by Crippen LogP contribution is 2.19. The summed E-state index contributed by atoms with van der Waals surface area (Å²) in [6.45, 7) is 2.17. The van der Waals surface area contributed by atoms with Gasteiger partial charge < -0.3 is 19.9 Å².